The summed E-state index contributed by atoms with van der Waals surface area (Å²) in [6, 6.07) is 5.57. The molecule has 2 aromatic heterocycles. The van der Waals surface area contributed by atoms with E-state index in [1.165, 1.54) is 0 Å². The van der Waals surface area contributed by atoms with Crippen LogP contribution in [0.5, 0.6) is 0 Å². The van der Waals surface area contributed by atoms with E-state index in [4.69, 9.17) is 11.6 Å². The molecular weight excluding hydrogens is 326 g/mol. The molecule has 0 radical (unpaired) electrons. The SMILES string of the molecule is Cc1[nH]cnc1C(O)C1CCc2c(C)c3cc(Cl)ccc3n2C1=O. The topological polar surface area (TPSA) is 70.9 Å². The molecule has 124 valence electrons. The zero-order valence-corrected chi connectivity index (χ0v) is 14.3. The van der Waals surface area contributed by atoms with E-state index >= 15 is 0 Å². The minimum atomic E-state index is -0.901. The molecule has 3 aromatic rings. The Hall–Kier alpha value is -2.11. The molecule has 3 heterocycles. The molecule has 6 heteroatoms. The van der Waals surface area contributed by atoms with Crippen LogP contribution in [-0.2, 0) is 6.42 Å². The van der Waals surface area contributed by atoms with Crippen molar-refractivity contribution in [1.29, 1.82) is 0 Å². The third-order valence-corrected chi connectivity index (χ3v) is 5.30. The number of hydrogen-bond acceptors (Lipinski definition) is 3. The van der Waals surface area contributed by atoms with Crippen LogP contribution in [-0.4, -0.2) is 25.5 Å². The Morgan fingerprint density at radius 3 is 2.92 bits per heavy atom. The normalized spacial score (nSPS) is 18.8. The fourth-order valence-corrected chi connectivity index (χ4v) is 3.93. The Morgan fingerprint density at radius 2 is 2.21 bits per heavy atom. The van der Waals surface area contributed by atoms with Crippen molar-refractivity contribution in [3.05, 3.63) is 52.2 Å². The molecule has 0 saturated carbocycles. The maximum Gasteiger partial charge on any atom is 0.237 e. The Morgan fingerprint density at radius 1 is 1.42 bits per heavy atom. The highest BCUT2D eigenvalue weighted by atomic mass is 35.5. The summed E-state index contributed by atoms with van der Waals surface area (Å²) in [5.74, 6) is -0.572. The molecule has 5 nitrogen and oxygen atoms in total. The number of aryl methyl sites for hydroxylation is 2. The van der Waals surface area contributed by atoms with E-state index in [2.05, 4.69) is 9.97 Å². The predicted octanol–water partition coefficient (Wildman–Crippen LogP) is 3.57. The van der Waals surface area contributed by atoms with Crippen LogP contribution in [0.25, 0.3) is 10.9 Å². The lowest BCUT2D eigenvalue weighted by molar-refractivity contribution is 0.0530. The fourth-order valence-electron chi connectivity index (χ4n) is 3.76. The molecule has 0 spiro atoms. The molecule has 4 rings (SSSR count). The van der Waals surface area contributed by atoms with Crippen molar-refractivity contribution in [2.75, 3.05) is 0 Å². The van der Waals surface area contributed by atoms with Crippen LogP contribution in [0.2, 0.25) is 5.02 Å². The molecule has 0 amide bonds. The Labute approximate surface area is 144 Å². The zero-order chi connectivity index (χ0) is 17.0. The van der Waals surface area contributed by atoms with E-state index < -0.39 is 12.0 Å². The summed E-state index contributed by atoms with van der Waals surface area (Å²) in [6.45, 7) is 3.87. The summed E-state index contributed by atoms with van der Waals surface area (Å²) in [7, 11) is 0. The third-order valence-electron chi connectivity index (χ3n) is 5.07. The molecule has 1 aliphatic heterocycles. The van der Waals surface area contributed by atoms with Gasteiger partial charge in [-0.25, -0.2) is 4.98 Å². The number of H-pyrrole nitrogens is 1. The van der Waals surface area contributed by atoms with E-state index in [1.807, 2.05) is 26.0 Å². The molecule has 0 fully saturated rings. The van der Waals surface area contributed by atoms with Gasteiger partial charge in [0.1, 0.15) is 6.10 Å². The average molecular weight is 344 g/mol. The van der Waals surface area contributed by atoms with Crippen molar-refractivity contribution < 1.29 is 9.90 Å². The molecule has 1 aromatic carbocycles. The predicted molar refractivity (Wildman–Crippen MR) is 92.4 cm³/mol. The monoisotopic (exact) mass is 343 g/mol. The number of aromatic nitrogens is 3. The summed E-state index contributed by atoms with van der Waals surface area (Å²) in [5, 5.41) is 12.4. The molecular formula is C18H18ClN3O2. The molecule has 2 unspecified atom stereocenters. The zero-order valence-electron chi connectivity index (χ0n) is 13.5. The highest BCUT2D eigenvalue weighted by molar-refractivity contribution is 6.31. The van der Waals surface area contributed by atoms with Crippen LogP contribution in [0.1, 0.15) is 40.0 Å². The van der Waals surface area contributed by atoms with E-state index in [-0.39, 0.29) is 5.91 Å². The molecule has 2 N–H and O–H groups in total. The molecule has 0 bridgehead atoms. The Balaban J connectivity index is 1.81. The van der Waals surface area contributed by atoms with Gasteiger partial charge in [0.15, 0.2) is 0 Å². The van der Waals surface area contributed by atoms with Crippen molar-refractivity contribution >= 4 is 28.4 Å². The maximum absolute atomic E-state index is 13.1. The van der Waals surface area contributed by atoms with Crippen LogP contribution >= 0.6 is 11.6 Å². The van der Waals surface area contributed by atoms with Gasteiger partial charge < -0.3 is 10.1 Å². The van der Waals surface area contributed by atoms with Crippen LogP contribution in [0, 0.1) is 19.8 Å². The van der Waals surface area contributed by atoms with Gasteiger partial charge in [-0.3, -0.25) is 9.36 Å². The number of imidazole rings is 1. The average Bonchev–Trinajstić information content (AvgIpc) is 3.10. The van der Waals surface area contributed by atoms with Gasteiger partial charge in [0.2, 0.25) is 5.91 Å². The smallest absolute Gasteiger partial charge is 0.237 e. The van der Waals surface area contributed by atoms with Gasteiger partial charge in [0, 0.05) is 21.8 Å². The third kappa shape index (κ3) is 2.12. The lowest BCUT2D eigenvalue weighted by atomic mass is 9.89. The van der Waals surface area contributed by atoms with E-state index in [9.17, 15) is 9.90 Å². The number of carbonyl (C=O) groups excluding carboxylic acids is 1. The second-order valence-corrected chi connectivity index (χ2v) is 6.85. The van der Waals surface area contributed by atoms with Crippen LogP contribution in [0.4, 0.5) is 0 Å². The van der Waals surface area contributed by atoms with Gasteiger partial charge in [-0.15, -0.1) is 0 Å². The molecule has 2 atom stereocenters. The summed E-state index contributed by atoms with van der Waals surface area (Å²) >= 11 is 6.11. The van der Waals surface area contributed by atoms with Crippen LogP contribution in [0.3, 0.4) is 0 Å². The Bertz CT molecular complexity index is 957. The summed E-state index contributed by atoms with van der Waals surface area (Å²) in [4.78, 5) is 20.2. The number of nitrogens with one attached hydrogen (secondary N) is 1. The van der Waals surface area contributed by atoms with Crippen LogP contribution < -0.4 is 0 Å². The number of rotatable bonds is 2. The second kappa shape index (κ2) is 5.46. The van der Waals surface area contributed by atoms with Gasteiger partial charge >= 0.3 is 0 Å². The number of aromatic amines is 1. The second-order valence-electron chi connectivity index (χ2n) is 6.41. The number of nitrogens with zero attached hydrogens (tertiary/aromatic N) is 2. The number of benzene rings is 1. The first kappa shape index (κ1) is 15.4. The van der Waals surface area contributed by atoms with E-state index in [0.29, 0.717) is 17.1 Å². The highest BCUT2D eigenvalue weighted by Gasteiger charge is 2.37. The van der Waals surface area contributed by atoms with Gasteiger partial charge in [0.05, 0.1) is 23.5 Å². The van der Waals surface area contributed by atoms with Crippen LogP contribution in [0.15, 0.2) is 24.5 Å². The van der Waals surface area contributed by atoms with Crippen molar-refractivity contribution in [1.82, 2.24) is 14.5 Å². The number of hydrogen-bond donors (Lipinski definition) is 2. The number of aliphatic hydroxyl groups is 1. The van der Waals surface area contributed by atoms with Crippen molar-refractivity contribution in [2.45, 2.75) is 32.8 Å². The number of aliphatic hydroxyl groups excluding tert-OH is 1. The lowest BCUT2D eigenvalue weighted by Gasteiger charge is -2.27. The Kier molecular flexibility index (Phi) is 3.51. The largest absolute Gasteiger partial charge is 0.386 e. The molecule has 24 heavy (non-hydrogen) atoms. The van der Waals surface area contributed by atoms with E-state index in [1.54, 1.807) is 17.0 Å². The van der Waals surface area contributed by atoms with Crippen molar-refractivity contribution in [3.8, 4) is 0 Å². The van der Waals surface area contributed by atoms with Gasteiger partial charge in [-0.05, 0) is 50.5 Å². The van der Waals surface area contributed by atoms with E-state index in [0.717, 1.165) is 34.3 Å². The van der Waals surface area contributed by atoms with Gasteiger partial charge in [-0.1, -0.05) is 11.6 Å². The molecule has 1 aliphatic rings. The molecule has 0 saturated heterocycles. The lowest BCUT2D eigenvalue weighted by Crippen LogP contribution is -2.33. The summed E-state index contributed by atoms with van der Waals surface area (Å²) < 4.78 is 1.75. The number of carbonyl (C=O) groups is 1. The maximum atomic E-state index is 13.1. The van der Waals surface area contributed by atoms with Crippen molar-refractivity contribution in [3.63, 3.8) is 0 Å². The van der Waals surface area contributed by atoms with Gasteiger partial charge in [0.25, 0.3) is 0 Å². The standard InChI is InChI=1S/C18H18ClN3O2/c1-9-13-7-11(19)3-5-15(13)22-14(9)6-4-12(18(22)24)17(23)16-10(2)20-8-21-16/h3,5,7-8,12,17,23H,4,6H2,1-2H3,(H,20,21). The van der Waals surface area contributed by atoms with Crippen molar-refractivity contribution in [2.24, 2.45) is 5.92 Å². The highest BCUT2D eigenvalue weighted by Crippen LogP contribution is 2.37. The minimum Gasteiger partial charge on any atom is -0.386 e. The quantitative estimate of drug-likeness (QED) is 0.747. The fraction of sp³-hybridized carbons (Fsp3) is 0.333. The first-order valence-corrected chi connectivity index (χ1v) is 8.38. The first-order chi connectivity index (χ1) is 11.5. The molecule has 0 aliphatic carbocycles. The summed E-state index contributed by atoms with van der Waals surface area (Å²) in [6.07, 6.45) is 2.00. The minimum absolute atomic E-state index is 0.0772. The van der Waals surface area contributed by atoms with Gasteiger partial charge in [-0.2, -0.15) is 0 Å². The number of fused-ring (bicyclic) bond motifs is 3. The summed E-state index contributed by atoms with van der Waals surface area (Å²) in [5.41, 5.74) is 4.30. The number of halogens is 1. The first-order valence-electron chi connectivity index (χ1n) is 8.00.